The number of rotatable bonds is 2. The van der Waals surface area contributed by atoms with E-state index < -0.39 is 0 Å². The number of halogens is 1. The summed E-state index contributed by atoms with van der Waals surface area (Å²) in [6.07, 6.45) is 0.695. The minimum Gasteiger partial charge on any atom is -0.382 e. The van der Waals surface area contributed by atoms with Crippen LogP contribution < -0.4 is 11.6 Å². The van der Waals surface area contributed by atoms with Gasteiger partial charge in [0, 0.05) is 12.0 Å². The maximum absolute atomic E-state index is 13.2. The first-order valence-electron chi connectivity index (χ1n) is 5.43. The molecule has 0 bridgehead atoms. The number of aryl methyl sites for hydroxylation is 2. The number of nitrogen functional groups attached to an aromatic ring is 2. The summed E-state index contributed by atoms with van der Waals surface area (Å²) < 4.78 is 14.6. The third-order valence-electron chi connectivity index (χ3n) is 2.77. The lowest BCUT2D eigenvalue weighted by Gasteiger charge is -2.02. The Morgan fingerprint density at radius 1 is 1.41 bits per heavy atom. The largest absolute Gasteiger partial charge is 0.382 e. The summed E-state index contributed by atoms with van der Waals surface area (Å²) in [6.45, 7) is 3.65. The molecule has 0 saturated heterocycles. The average molecular weight is 234 g/mol. The van der Waals surface area contributed by atoms with Crippen molar-refractivity contribution in [1.82, 2.24) is 9.66 Å². The number of aromatic nitrogens is 2. The van der Waals surface area contributed by atoms with Gasteiger partial charge in [-0.15, -0.1) is 0 Å². The molecule has 0 radical (unpaired) electrons. The highest BCUT2D eigenvalue weighted by atomic mass is 19.1. The molecule has 1 aromatic carbocycles. The predicted molar refractivity (Wildman–Crippen MR) is 66.3 cm³/mol. The predicted octanol–water partition coefficient (Wildman–Crippen LogP) is 1.86. The van der Waals surface area contributed by atoms with E-state index in [9.17, 15) is 4.39 Å². The van der Waals surface area contributed by atoms with E-state index in [2.05, 4.69) is 4.98 Å². The average Bonchev–Trinajstić information content (AvgIpc) is 2.60. The van der Waals surface area contributed by atoms with Crippen LogP contribution in [0.15, 0.2) is 18.2 Å². The molecular formula is C12H15FN4. The number of nitrogens with zero attached hydrogens (tertiary/aromatic N) is 2. The first-order valence-corrected chi connectivity index (χ1v) is 5.43. The van der Waals surface area contributed by atoms with Crippen LogP contribution >= 0.6 is 0 Å². The SMILES string of the molecule is CCc1nc(-c2ccc(F)c(C)c2)c(N)n1N. The van der Waals surface area contributed by atoms with Crippen LogP contribution in [0.4, 0.5) is 10.2 Å². The summed E-state index contributed by atoms with van der Waals surface area (Å²) in [4.78, 5) is 4.36. The second-order valence-corrected chi connectivity index (χ2v) is 3.95. The Morgan fingerprint density at radius 3 is 2.65 bits per heavy atom. The molecule has 1 heterocycles. The summed E-state index contributed by atoms with van der Waals surface area (Å²) >= 11 is 0. The number of nitrogens with two attached hydrogens (primary N) is 2. The molecule has 1 aromatic heterocycles. The highest BCUT2D eigenvalue weighted by Crippen LogP contribution is 2.26. The Morgan fingerprint density at radius 2 is 2.12 bits per heavy atom. The van der Waals surface area contributed by atoms with Crippen molar-refractivity contribution in [2.45, 2.75) is 20.3 Å². The fourth-order valence-corrected chi connectivity index (χ4v) is 1.75. The molecule has 17 heavy (non-hydrogen) atoms. The van der Waals surface area contributed by atoms with Crippen molar-refractivity contribution in [2.75, 3.05) is 11.6 Å². The minimum absolute atomic E-state index is 0.241. The van der Waals surface area contributed by atoms with Crippen LogP contribution in [0.25, 0.3) is 11.3 Å². The van der Waals surface area contributed by atoms with Crippen molar-refractivity contribution in [3.8, 4) is 11.3 Å². The van der Waals surface area contributed by atoms with E-state index in [1.165, 1.54) is 10.7 Å². The normalized spacial score (nSPS) is 10.8. The lowest BCUT2D eigenvalue weighted by Crippen LogP contribution is -2.14. The molecule has 0 aliphatic heterocycles. The lowest BCUT2D eigenvalue weighted by atomic mass is 10.1. The third-order valence-corrected chi connectivity index (χ3v) is 2.77. The van der Waals surface area contributed by atoms with Crippen molar-refractivity contribution in [3.63, 3.8) is 0 Å². The van der Waals surface area contributed by atoms with E-state index in [0.717, 1.165) is 5.56 Å². The van der Waals surface area contributed by atoms with Crippen LogP contribution in [0.2, 0.25) is 0 Å². The first kappa shape index (κ1) is 11.4. The molecule has 2 rings (SSSR count). The van der Waals surface area contributed by atoms with Crippen molar-refractivity contribution in [1.29, 1.82) is 0 Å². The summed E-state index contributed by atoms with van der Waals surface area (Å²) in [5.74, 6) is 6.64. The van der Waals surface area contributed by atoms with E-state index in [-0.39, 0.29) is 5.82 Å². The van der Waals surface area contributed by atoms with Crippen LogP contribution in [-0.2, 0) is 6.42 Å². The van der Waals surface area contributed by atoms with Crippen LogP contribution in [0, 0.1) is 12.7 Å². The van der Waals surface area contributed by atoms with Crippen LogP contribution in [0.3, 0.4) is 0 Å². The van der Waals surface area contributed by atoms with Crippen molar-refractivity contribution in [2.24, 2.45) is 0 Å². The third kappa shape index (κ3) is 1.84. The molecule has 0 unspecified atom stereocenters. The molecule has 0 amide bonds. The molecule has 0 spiro atoms. The van der Waals surface area contributed by atoms with Gasteiger partial charge in [0.15, 0.2) is 5.82 Å². The highest BCUT2D eigenvalue weighted by molar-refractivity contribution is 5.71. The van der Waals surface area contributed by atoms with E-state index in [0.29, 0.717) is 29.3 Å². The molecule has 0 aliphatic rings. The molecule has 2 aromatic rings. The minimum atomic E-state index is -0.241. The smallest absolute Gasteiger partial charge is 0.150 e. The number of benzene rings is 1. The molecule has 4 nitrogen and oxygen atoms in total. The standard InChI is InChI=1S/C12H15FN4/c1-3-10-16-11(12(14)17(10)15)8-4-5-9(13)7(2)6-8/h4-6H,3,14-15H2,1-2H3. The van der Waals surface area contributed by atoms with E-state index in [1.54, 1.807) is 19.1 Å². The van der Waals surface area contributed by atoms with Crippen molar-refractivity contribution >= 4 is 5.82 Å². The fourth-order valence-electron chi connectivity index (χ4n) is 1.75. The molecule has 90 valence electrons. The van der Waals surface area contributed by atoms with E-state index in [1.807, 2.05) is 6.92 Å². The number of hydrogen-bond acceptors (Lipinski definition) is 3. The van der Waals surface area contributed by atoms with Crippen LogP contribution in [0.1, 0.15) is 18.3 Å². The first-order chi connectivity index (χ1) is 8.04. The van der Waals surface area contributed by atoms with Gasteiger partial charge in [0.25, 0.3) is 0 Å². The second kappa shape index (κ2) is 4.08. The zero-order valence-electron chi connectivity index (χ0n) is 9.87. The molecule has 0 saturated carbocycles. The zero-order valence-corrected chi connectivity index (χ0v) is 9.87. The van der Waals surface area contributed by atoms with Gasteiger partial charge >= 0.3 is 0 Å². The maximum atomic E-state index is 13.2. The second-order valence-electron chi connectivity index (χ2n) is 3.95. The Balaban J connectivity index is 2.56. The Hall–Kier alpha value is -2.04. The van der Waals surface area contributed by atoms with Gasteiger partial charge in [-0.25, -0.2) is 14.1 Å². The van der Waals surface area contributed by atoms with Gasteiger partial charge < -0.3 is 11.6 Å². The Kier molecular flexibility index (Phi) is 2.75. The topological polar surface area (TPSA) is 69.9 Å². The van der Waals surface area contributed by atoms with Gasteiger partial charge in [0.2, 0.25) is 0 Å². The van der Waals surface area contributed by atoms with Crippen LogP contribution in [-0.4, -0.2) is 9.66 Å². The van der Waals surface area contributed by atoms with E-state index >= 15 is 0 Å². The van der Waals surface area contributed by atoms with Crippen molar-refractivity contribution in [3.05, 3.63) is 35.4 Å². The zero-order chi connectivity index (χ0) is 12.6. The van der Waals surface area contributed by atoms with Gasteiger partial charge in [-0.3, -0.25) is 0 Å². The summed E-state index contributed by atoms with van der Waals surface area (Å²) in [6, 6.07) is 4.78. The van der Waals surface area contributed by atoms with Gasteiger partial charge in [0.1, 0.15) is 17.3 Å². The summed E-state index contributed by atoms with van der Waals surface area (Å²) in [5.41, 5.74) is 7.82. The molecule has 0 aliphatic carbocycles. The fraction of sp³-hybridized carbons (Fsp3) is 0.250. The Bertz CT molecular complexity index is 560. The monoisotopic (exact) mass is 234 g/mol. The molecule has 0 atom stereocenters. The molecule has 0 fully saturated rings. The van der Waals surface area contributed by atoms with E-state index in [4.69, 9.17) is 11.6 Å². The summed E-state index contributed by atoms with van der Waals surface area (Å²) in [5, 5.41) is 0. The van der Waals surface area contributed by atoms with Crippen molar-refractivity contribution < 1.29 is 4.39 Å². The molecule has 5 heteroatoms. The van der Waals surface area contributed by atoms with Crippen LogP contribution in [0.5, 0.6) is 0 Å². The van der Waals surface area contributed by atoms with Gasteiger partial charge in [-0.05, 0) is 30.7 Å². The lowest BCUT2D eigenvalue weighted by molar-refractivity contribution is 0.619. The number of imidazole rings is 1. The number of anilines is 1. The quantitative estimate of drug-likeness (QED) is 0.779. The summed E-state index contributed by atoms with van der Waals surface area (Å²) in [7, 11) is 0. The number of hydrogen-bond donors (Lipinski definition) is 2. The molecule has 4 N–H and O–H groups in total. The van der Waals surface area contributed by atoms with Gasteiger partial charge in [0.05, 0.1) is 0 Å². The van der Waals surface area contributed by atoms with Gasteiger partial charge in [-0.1, -0.05) is 6.92 Å². The van der Waals surface area contributed by atoms with Gasteiger partial charge in [-0.2, -0.15) is 0 Å². The maximum Gasteiger partial charge on any atom is 0.150 e. The Labute approximate surface area is 99.0 Å². The molecular weight excluding hydrogens is 219 g/mol. The highest BCUT2D eigenvalue weighted by Gasteiger charge is 2.14.